The van der Waals surface area contributed by atoms with Crippen LogP contribution in [0.4, 0.5) is 10.6 Å². The van der Waals surface area contributed by atoms with Crippen LogP contribution in [0.1, 0.15) is 27.2 Å². The van der Waals surface area contributed by atoms with Crippen LogP contribution >= 0.6 is 0 Å². The molecule has 0 aliphatic carbocycles. The Balaban J connectivity index is 2.29. The van der Waals surface area contributed by atoms with E-state index in [1.807, 2.05) is 0 Å². The third-order valence-corrected chi connectivity index (χ3v) is 2.17. The molecular weight excluding hydrogens is 278 g/mol. The highest BCUT2D eigenvalue weighted by Gasteiger charge is 2.16. The Hall–Kier alpha value is -2.38. The van der Waals surface area contributed by atoms with Crippen LogP contribution in [0.3, 0.4) is 0 Å². The third kappa shape index (κ3) is 6.55. The van der Waals surface area contributed by atoms with Crippen LogP contribution in [0.2, 0.25) is 0 Å². The van der Waals surface area contributed by atoms with Gasteiger partial charge in [0.15, 0.2) is 0 Å². The van der Waals surface area contributed by atoms with Crippen molar-refractivity contribution >= 4 is 11.9 Å². The Morgan fingerprint density at radius 2 is 2.19 bits per heavy atom. The van der Waals surface area contributed by atoms with Gasteiger partial charge in [0.2, 0.25) is 5.75 Å². The van der Waals surface area contributed by atoms with Crippen LogP contribution in [0.15, 0.2) is 18.3 Å². The molecule has 1 rings (SSSR count). The van der Waals surface area contributed by atoms with Gasteiger partial charge in [-0.1, -0.05) is 0 Å². The van der Waals surface area contributed by atoms with Crippen molar-refractivity contribution in [3.05, 3.63) is 28.4 Å². The van der Waals surface area contributed by atoms with Crippen LogP contribution in [0, 0.1) is 10.1 Å². The van der Waals surface area contributed by atoms with Gasteiger partial charge in [-0.3, -0.25) is 0 Å². The average Bonchev–Trinajstić information content (AvgIpc) is 2.36. The van der Waals surface area contributed by atoms with Gasteiger partial charge in [0.05, 0.1) is 6.61 Å². The predicted octanol–water partition coefficient (Wildman–Crippen LogP) is 2.28. The van der Waals surface area contributed by atoms with Crippen molar-refractivity contribution in [1.29, 1.82) is 0 Å². The standard InChI is InChI=1S/C13H19N3O5/c1-13(2,3)21-12(17)15-8-5-9-20-10-6-4-7-14-11(10)16(18)19/h4,6-7H,5,8-9H2,1-3H3,(H,15,17). The molecule has 21 heavy (non-hydrogen) atoms. The van der Waals surface area contributed by atoms with Crippen molar-refractivity contribution in [3.8, 4) is 5.75 Å². The third-order valence-electron chi connectivity index (χ3n) is 2.17. The van der Waals surface area contributed by atoms with E-state index in [1.165, 1.54) is 12.3 Å². The van der Waals surface area contributed by atoms with Crippen LogP contribution in [0.5, 0.6) is 5.75 Å². The van der Waals surface area contributed by atoms with Crippen molar-refractivity contribution in [2.24, 2.45) is 0 Å². The molecule has 8 nitrogen and oxygen atoms in total. The SMILES string of the molecule is CC(C)(C)OC(=O)NCCCOc1cccnc1[N+](=O)[O-]. The zero-order valence-corrected chi connectivity index (χ0v) is 12.3. The largest absolute Gasteiger partial charge is 0.486 e. The maximum atomic E-state index is 11.4. The summed E-state index contributed by atoms with van der Waals surface area (Å²) >= 11 is 0. The molecule has 0 aromatic carbocycles. The number of ether oxygens (including phenoxy) is 2. The minimum atomic E-state index is -0.603. The van der Waals surface area contributed by atoms with Crippen molar-refractivity contribution in [3.63, 3.8) is 0 Å². The summed E-state index contributed by atoms with van der Waals surface area (Å²) in [7, 11) is 0. The smallest absolute Gasteiger partial charge is 0.407 e. The fourth-order valence-electron chi connectivity index (χ4n) is 1.39. The lowest BCUT2D eigenvalue weighted by atomic mass is 10.2. The lowest BCUT2D eigenvalue weighted by molar-refractivity contribution is -0.390. The second-order valence-electron chi connectivity index (χ2n) is 5.21. The quantitative estimate of drug-likeness (QED) is 0.491. The summed E-state index contributed by atoms with van der Waals surface area (Å²) in [6.45, 7) is 5.90. The van der Waals surface area contributed by atoms with Gasteiger partial charge in [-0.2, -0.15) is 0 Å². The van der Waals surface area contributed by atoms with Gasteiger partial charge in [-0.15, -0.1) is 0 Å². The Morgan fingerprint density at radius 1 is 1.48 bits per heavy atom. The van der Waals surface area contributed by atoms with E-state index in [0.717, 1.165) is 0 Å². The fraction of sp³-hybridized carbons (Fsp3) is 0.538. The first-order valence-corrected chi connectivity index (χ1v) is 6.48. The zero-order chi connectivity index (χ0) is 15.9. The maximum absolute atomic E-state index is 11.4. The van der Waals surface area contributed by atoms with E-state index in [4.69, 9.17) is 9.47 Å². The molecule has 0 aliphatic rings. The Morgan fingerprint density at radius 3 is 2.81 bits per heavy atom. The van der Waals surface area contributed by atoms with Crippen LogP contribution in [0.25, 0.3) is 0 Å². The van der Waals surface area contributed by atoms with Crippen molar-refractivity contribution in [2.75, 3.05) is 13.2 Å². The molecule has 0 radical (unpaired) electrons. The highest BCUT2D eigenvalue weighted by atomic mass is 16.6. The van der Waals surface area contributed by atoms with Gasteiger partial charge in [0, 0.05) is 6.54 Å². The molecule has 1 heterocycles. The van der Waals surface area contributed by atoms with E-state index in [2.05, 4.69) is 10.3 Å². The number of rotatable bonds is 6. The van der Waals surface area contributed by atoms with E-state index in [0.29, 0.717) is 13.0 Å². The maximum Gasteiger partial charge on any atom is 0.407 e. The molecule has 0 unspecified atom stereocenters. The minimum absolute atomic E-state index is 0.111. The topological polar surface area (TPSA) is 104 Å². The molecule has 1 aromatic rings. The number of carbonyl (C=O) groups is 1. The molecule has 0 spiro atoms. The monoisotopic (exact) mass is 297 g/mol. The summed E-state index contributed by atoms with van der Waals surface area (Å²) in [5, 5.41) is 13.3. The minimum Gasteiger partial charge on any atom is -0.486 e. The molecule has 8 heteroatoms. The Labute approximate surface area is 122 Å². The van der Waals surface area contributed by atoms with E-state index < -0.39 is 16.6 Å². The number of aromatic nitrogens is 1. The lowest BCUT2D eigenvalue weighted by Crippen LogP contribution is -2.33. The van der Waals surface area contributed by atoms with Gasteiger partial charge >= 0.3 is 11.9 Å². The number of nitrogens with zero attached hydrogens (tertiary/aromatic N) is 2. The molecule has 0 saturated carbocycles. The molecule has 0 atom stereocenters. The Bertz CT molecular complexity index is 499. The first kappa shape index (κ1) is 16.7. The van der Waals surface area contributed by atoms with Crippen LogP contribution in [-0.4, -0.2) is 34.8 Å². The number of pyridine rings is 1. The highest BCUT2D eigenvalue weighted by Crippen LogP contribution is 2.22. The summed E-state index contributed by atoms with van der Waals surface area (Å²) in [5.74, 6) is -0.211. The lowest BCUT2D eigenvalue weighted by Gasteiger charge is -2.19. The first-order chi connectivity index (χ1) is 9.79. The van der Waals surface area contributed by atoms with E-state index >= 15 is 0 Å². The van der Waals surface area contributed by atoms with Gasteiger partial charge < -0.3 is 24.9 Å². The van der Waals surface area contributed by atoms with Crippen molar-refractivity contribution in [2.45, 2.75) is 32.8 Å². The second-order valence-corrected chi connectivity index (χ2v) is 5.21. The summed E-state index contributed by atoms with van der Waals surface area (Å²) in [6.07, 6.45) is 1.32. The second kappa shape index (κ2) is 7.41. The first-order valence-electron chi connectivity index (χ1n) is 6.48. The van der Waals surface area contributed by atoms with Gasteiger partial charge in [0.1, 0.15) is 11.8 Å². The van der Waals surface area contributed by atoms with E-state index in [1.54, 1.807) is 26.8 Å². The molecule has 0 saturated heterocycles. The number of hydrogen-bond donors (Lipinski definition) is 1. The molecule has 1 amide bonds. The fourth-order valence-corrected chi connectivity index (χ4v) is 1.39. The molecule has 1 aromatic heterocycles. The number of carbonyl (C=O) groups excluding carboxylic acids is 1. The number of alkyl carbamates (subject to hydrolysis) is 1. The molecule has 0 fully saturated rings. The number of amides is 1. The summed E-state index contributed by atoms with van der Waals surface area (Å²) in [5.41, 5.74) is -0.545. The normalized spacial score (nSPS) is 10.8. The van der Waals surface area contributed by atoms with E-state index in [9.17, 15) is 14.9 Å². The summed E-state index contributed by atoms with van der Waals surface area (Å²) in [4.78, 5) is 25.1. The van der Waals surface area contributed by atoms with Crippen LogP contribution < -0.4 is 10.1 Å². The Kier molecular flexibility index (Phi) is 5.89. The van der Waals surface area contributed by atoms with E-state index in [-0.39, 0.29) is 18.2 Å². The predicted molar refractivity (Wildman–Crippen MR) is 75.2 cm³/mol. The molecule has 1 N–H and O–H groups in total. The summed E-state index contributed by atoms with van der Waals surface area (Å²) < 4.78 is 10.3. The van der Waals surface area contributed by atoms with Crippen molar-refractivity contribution in [1.82, 2.24) is 10.3 Å². The van der Waals surface area contributed by atoms with Gasteiger partial charge in [-0.25, -0.2) is 4.79 Å². The summed E-state index contributed by atoms with van der Waals surface area (Å²) in [6, 6.07) is 3.04. The molecule has 0 bridgehead atoms. The van der Waals surface area contributed by atoms with Gasteiger partial charge in [-0.05, 0) is 49.2 Å². The van der Waals surface area contributed by atoms with Crippen molar-refractivity contribution < 1.29 is 19.2 Å². The molecule has 116 valence electrons. The zero-order valence-electron chi connectivity index (χ0n) is 12.3. The van der Waals surface area contributed by atoms with Gasteiger partial charge in [0.25, 0.3) is 0 Å². The highest BCUT2D eigenvalue weighted by molar-refractivity contribution is 5.67. The number of hydrogen-bond acceptors (Lipinski definition) is 6. The molecular formula is C13H19N3O5. The number of nitrogens with one attached hydrogen (secondary N) is 1. The van der Waals surface area contributed by atoms with Crippen LogP contribution in [-0.2, 0) is 4.74 Å². The average molecular weight is 297 g/mol. The molecule has 0 aliphatic heterocycles. The number of nitro groups is 1.